The van der Waals surface area contributed by atoms with E-state index in [9.17, 15) is 0 Å². The fraction of sp³-hybridized carbons (Fsp3) is 0.667. The number of allylic oxidation sites excluding steroid dienone is 4. The molecule has 1 aliphatic carbocycles. The topological polar surface area (TPSA) is 9.23 Å². The second-order valence-electron chi connectivity index (χ2n) is 4.67. The molecule has 0 aromatic heterocycles. The monoisotopic (exact) mass is 297 g/mol. The molecule has 1 rings (SSSR count). The van der Waals surface area contributed by atoms with Crippen molar-refractivity contribution in [3.63, 3.8) is 0 Å². The van der Waals surface area contributed by atoms with Crippen LogP contribution < -0.4 is 24.8 Å². The van der Waals surface area contributed by atoms with Crippen LogP contribution in [0.25, 0.3) is 0 Å². The number of ether oxygens (including phenoxy) is 1. The Hall–Kier alpha value is 0.734. The van der Waals surface area contributed by atoms with Crippen LogP contribution in [0, 0.1) is 0 Å². The Morgan fingerprint density at radius 2 is 1.94 bits per heavy atom. The maximum absolute atomic E-state index is 5.68. The van der Waals surface area contributed by atoms with Gasteiger partial charge in [0.1, 0.15) is 0 Å². The first-order chi connectivity index (χ1) is 6.49. The number of rotatable bonds is 4. The van der Waals surface area contributed by atoms with Gasteiger partial charge in [-0.15, -0.1) is 0 Å². The van der Waals surface area contributed by atoms with Crippen molar-refractivity contribution in [2.45, 2.75) is 45.6 Å². The first kappa shape index (κ1) is 19.1. The summed E-state index contributed by atoms with van der Waals surface area (Å²) >= 11 is 2.22. The predicted molar refractivity (Wildman–Crippen MR) is 55.7 cm³/mol. The predicted octanol–water partition coefficient (Wildman–Crippen LogP) is -2.65. The van der Waals surface area contributed by atoms with Crippen LogP contribution in [0.5, 0.6) is 0 Å². The van der Waals surface area contributed by atoms with Crippen LogP contribution in [0.4, 0.5) is 0 Å². The van der Waals surface area contributed by atoms with E-state index in [1.165, 1.54) is 15.9 Å². The summed E-state index contributed by atoms with van der Waals surface area (Å²) in [7, 11) is 0. The Balaban J connectivity index is 0. The quantitative estimate of drug-likeness (QED) is 0.407. The normalized spacial score (nSPS) is 14.8. The molecule has 0 atom stereocenters. The smallest absolute Gasteiger partial charge is 1.00 e. The minimum atomic E-state index is 0. The molecule has 4 heteroatoms. The maximum Gasteiger partial charge on any atom is -1.00 e. The summed E-state index contributed by atoms with van der Waals surface area (Å²) < 4.78 is 7.21. The summed E-state index contributed by atoms with van der Waals surface area (Å²) in [4.78, 5) is 0. The molecule has 0 amide bonds. The number of halogens is 2. The van der Waals surface area contributed by atoms with Gasteiger partial charge in [-0.25, -0.2) is 0 Å². The van der Waals surface area contributed by atoms with Crippen molar-refractivity contribution in [1.29, 1.82) is 0 Å². The van der Waals surface area contributed by atoms with Crippen molar-refractivity contribution < 1.29 is 50.0 Å². The Labute approximate surface area is 123 Å². The van der Waals surface area contributed by atoms with Gasteiger partial charge in [-0.05, 0) is 0 Å². The largest absolute Gasteiger partial charge is 1.00 e. The minimum Gasteiger partial charge on any atom is -1.00 e. The first-order valence-electron chi connectivity index (χ1n) is 5.23. The van der Waals surface area contributed by atoms with Gasteiger partial charge >= 0.3 is 99.0 Å². The van der Waals surface area contributed by atoms with Gasteiger partial charge in [0.15, 0.2) is 0 Å². The number of hydrogen-bond acceptors (Lipinski definition) is 1. The van der Waals surface area contributed by atoms with E-state index in [1.807, 2.05) is 0 Å². The van der Waals surface area contributed by atoms with Crippen LogP contribution in [0.1, 0.15) is 40.0 Å². The molecule has 0 saturated carbocycles. The van der Waals surface area contributed by atoms with Gasteiger partial charge in [0.25, 0.3) is 0 Å². The number of hydrogen-bond donors (Lipinski definition) is 0. The fourth-order valence-electron chi connectivity index (χ4n) is 1.43. The molecule has 1 nitrogen and oxygen atoms in total. The second kappa shape index (κ2) is 8.77. The van der Waals surface area contributed by atoms with Crippen LogP contribution in [0.3, 0.4) is 0 Å². The zero-order valence-corrected chi connectivity index (χ0v) is 13.2. The van der Waals surface area contributed by atoms with E-state index < -0.39 is 0 Å². The van der Waals surface area contributed by atoms with Gasteiger partial charge in [0.05, 0.1) is 0 Å². The molecule has 0 aliphatic heterocycles. The molecule has 0 fully saturated rings. The average molecular weight is 298 g/mol. The summed E-state index contributed by atoms with van der Waals surface area (Å²) in [6.07, 6.45) is 7.95. The van der Waals surface area contributed by atoms with Gasteiger partial charge in [-0.2, -0.15) is 0 Å². The third-order valence-corrected chi connectivity index (χ3v) is 2.97. The standard InChI is InChI=1S/C12H19O.2ClH.Ti/c1-12(2,3)13-10-6-9-11-7-4-5-8-11;;;/h4,7H,5-6,9-10H2,1-3H3;2*1H;/q;;;+2/p-2. The van der Waals surface area contributed by atoms with Gasteiger partial charge in [-0.1, -0.05) is 0 Å². The zero-order chi connectivity index (χ0) is 10.6. The van der Waals surface area contributed by atoms with Gasteiger partial charge in [0.2, 0.25) is 0 Å². The van der Waals surface area contributed by atoms with Crippen molar-refractivity contribution in [2.75, 3.05) is 6.61 Å². The molecule has 0 spiro atoms. The van der Waals surface area contributed by atoms with E-state index in [1.54, 1.807) is 0 Å². The van der Waals surface area contributed by atoms with Crippen molar-refractivity contribution in [1.82, 2.24) is 0 Å². The van der Waals surface area contributed by atoms with Crippen LogP contribution >= 0.6 is 0 Å². The summed E-state index contributed by atoms with van der Waals surface area (Å²) in [5, 5.41) is 0. The summed E-state index contributed by atoms with van der Waals surface area (Å²) in [6.45, 7) is 7.18. The molecule has 0 saturated heterocycles. The molecule has 0 radical (unpaired) electrons. The van der Waals surface area contributed by atoms with Gasteiger partial charge < -0.3 is 24.8 Å². The Kier molecular flexibility index (Phi) is 10.5. The van der Waals surface area contributed by atoms with Gasteiger partial charge in [0, 0.05) is 0 Å². The van der Waals surface area contributed by atoms with Gasteiger partial charge in [-0.3, -0.25) is 0 Å². The van der Waals surface area contributed by atoms with E-state index in [4.69, 9.17) is 4.74 Å². The van der Waals surface area contributed by atoms with Crippen LogP contribution in [-0.2, 0) is 25.2 Å². The SMILES string of the molecule is CC(C)(C)OCCCC1=[C]([Ti+2])CC=C1.[Cl-].[Cl-]. The Bertz CT molecular complexity index is 254. The molecule has 1 aliphatic rings. The molecule has 0 aromatic carbocycles. The fourth-order valence-corrected chi connectivity index (χ4v) is 1.94. The molecular formula is C12H19Cl2OTi. The molecule has 0 aromatic rings. The molecule has 0 N–H and O–H groups in total. The van der Waals surface area contributed by atoms with E-state index in [0.29, 0.717) is 0 Å². The van der Waals surface area contributed by atoms with E-state index in [0.717, 1.165) is 19.4 Å². The van der Waals surface area contributed by atoms with E-state index in [-0.39, 0.29) is 30.4 Å². The minimum absolute atomic E-state index is 0. The molecule has 16 heavy (non-hydrogen) atoms. The third kappa shape index (κ3) is 7.92. The first-order valence-corrected chi connectivity index (χ1v) is 6.01. The Morgan fingerprint density at radius 1 is 1.31 bits per heavy atom. The van der Waals surface area contributed by atoms with E-state index in [2.05, 4.69) is 53.4 Å². The van der Waals surface area contributed by atoms with Crippen LogP contribution in [0.15, 0.2) is 21.6 Å². The molecule has 0 unspecified atom stereocenters. The maximum atomic E-state index is 5.68. The molecule has 0 bridgehead atoms. The molecular weight excluding hydrogens is 279 g/mol. The molecule has 91 valence electrons. The van der Waals surface area contributed by atoms with Crippen molar-refractivity contribution in [3.8, 4) is 0 Å². The second-order valence-corrected chi connectivity index (χ2v) is 5.62. The average Bonchev–Trinajstić information content (AvgIpc) is 2.44. The molecule has 0 heterocycles. The van der Waals surface area contributed by atoms with Crippen molar-refractivity contribution in [2.24, 2.45) is 0 Å². The summed E-state index contributed by atoms with van der Waals surface area (Å²) in [5.41, 5.74) is 1.53. The van der Waals surface area contributed by atoms with E-state index >= 15 is 0 Å². The van der Waals surface area contributed by atoms with Crippen LogP contribution in [-0.4, -0.2) is 12.2 Å². The summed E-state index contributed by atoms with van der Waals surface area (Å²) in [6, 6.07) is 0. The van der Waals surface area contributed by atoms with Crippen LogP contribution in [0.2, 0.25) is 0 Å². The summed E-state index contributed by atoms with van der Waals surface area (Å²) in [5.74, 6) is 0. The Morgan fingerprint density at radius 3 is 2.38 bits per heavy atom. The van der Waals surface area contributed by atoms with Crippen molar-refractivity contribution in [3.05, 3.63) is 21.6 Å². The third-order valence-electron chi connectivity index (χ3n) is 2.15. The van der Waals surface area contributed by atoms with Crippen molar-refractivity contribution >= 4 is 0 Å². The zero-order valence-electron chi connectivity index (χ0n) is 10.1.